The summed E-state index contributed by atoms with van der Waals surface area (Å²) in [5.74, 6) is 0. The van der Waals surface area contributed by atoms with Gasteiger partial charge in [-0.15, -0.1) is 19.8 Å². The first-order valence-electron chi connectivity index (χ1n) is 14.5. The number of fused-ring (bicyclic) bond motifs is 2. The van der Waals surface area contributed by atoms with E-state index in [1.807, 2.05) is 97.1 Å². The Morgan fingerprint density at radius 2 is 0.938 bits per heavy atom. The molecule has 0 saturated carbocycles. The van der Waals surface area contributed by atoms with Crippen LogP contribution in [0.5, 0.6) is 0 Å². The first-order valence-corrected chi connectivity index (χ1v) is 14.5. The third-order valence-corrected chi connectivity index (χ3v) is 6.61. The van der Waals surface area contributed by atoms with E-state index in [9.17, 15) is 0 Å². The molecule has 0 aliphatic rings. The van der Waals surface area contributed by atoms with Crippen LogP contribution >= 0.6 is 0 Å². The summed E-state index contributed by atoms with van der Waals surface area (Å²) < 4.78 is 10.1. The molecule has 14 heteroatoms. The van der Waals surface area contributed by atoms with Gasteiger partial charge < -0.3 is 8.83 Å². The van der Waals surface area contributed by atoms with Crippen molar-refractivity contribution in [3.05, 3.63) is 144 Å². The van der Waals surface area contributed by atoms with E-state index in [0.717, 1.165) is 44.3 Å². The molecule has 0 unspecified atom stereocenters. The fourth-order valence-electron chi connectivity index (χ4n) is 4.38. The second-order valence-corrected chi connectivity index (χ2v) is 9.91. The number of para-hydroxylation sites is 2. The van der Waals surface area contributed by atoms with Crippen molar-refractivity contribution in [2.45, 2.75) is 0 Å². The van der Waals surface area contributed by atoms with Gasteiger partial charge in [-0.1, -0.05) is 60.7 Å². The van der Waals surface area contributed by atoms with Crippen LogP contribution in [-0.2, 0) is 0 Å². The lowest BCUT2D eigenvalue weighted by Crippen LogP contribution is -1.95. The fraction of sp³-hybridized carbons (Fsp3) is 0. The van der Waals surface area contributed by atoms with Gasteiger partial charge in [-0.2, -0.15) is 10.2 Å². The molecule has 0 radical (unpaired) electrons. The monoisotopic (exact) mass is 632 g/mol. The Bertz CT molecular complexity index is 2210. The van der Waals surface area contributed by atoms with Gasteiger partial charge in [0.05, 0.1) is 24.8 Å². The maximum absolute atomic E-state index is 5.03. The largest absolute Gasteiger partial charge is 0.431 e. The Hall–Kier alpha value is -7.22. The quantitative estimate of drug-likeness (QED) is 0.181. The van der Waals surface area contributed by atoms with E-state index in [4.69, 9.17) is 8.83 Å². The smallest absolute Gasteiger partial charge is 0.321 e. The van der Waals surface area contributed by atoms with E-state index in [2.05, 4.69) is 50.8 Å². The van der Waals surface area contributed by atoms with Gasteiger partial charge in [0.1, 0.15) is 34.6 Å². The number of hydrogen-bond donors (Lipinski definition) is 0. The highest BCUT2D eigenvalue weighted by Gasteiger charge is 2.03. The molecular weight excluding hydrogens is 608 g/mol. The summed E-state index contributed by atoms with van der Waals surface area (Å²) in [7, 11) is 0. The summed E-state index contributed by atoms with van der Waals surface area (Å²) in [6.45, 7) is 0. The van der Waals surface area contributed by atoms with Gasteiger partial charge in [-0.3, -0.25) is 0 Å². The second kappa shape index (κ2) is 14.3. The van der Waals surface area contributed by atoms with E-state index in [1.165, 1.54) is 22.1 Å². The van der Waals surface area contributed by atoms with Crippen molar-refractivity contribution in [2.75, 3.05) is 0 Å². The van der Waals surface area contributed by atoms with Gasteiger partial charge in [0.25, 0.3) is 0 Å². The summed E-state index contributed by atoms with van der Waals surface area (Å²) in [6.07, 6.45) is 12.9. The summed E-state index contributed by atoms with van der Waals surface area (Å²) >= 11 is 0. The molecule has 0 aliphatic heterocycles. The molecule has 4 aromatic carbocycles. The number of hydrogen-bond acceptors (Lipinski definition) is 12. The van der Waals surface area contributed by atoms with Gasteiger partial charge in [-0.05, 0) is 69.1 Å². The molecule has 0 atom stereocenters. The number of oxazole rings is 2. The minimum Gasteiger partial charge on any atom is -0.431 e. The van der Waals surface area contributed by atoms with E-state index < -0.39 is 0 Å². The normalized spacial score (nSPS) is 11.8. The van der Waals surface area contributed by atoms with Crippen LogP contribution in [0.3, 0.4) is 0 Å². The predicted octanol–water partition coefficient (Wildman–Crippen LogP) is 6.10. The van der Waals surface area contributed by atoms with Crippen molar-refractivity contribution in [2.24, 2.45) is 20.2 Å². The molecule has 232 valence electrons. The van der Waals surface area contributed by atoms with Crippen LogP contribution in [0.4, 0.5) is 12.0 Å². The van der Waals surface area contributed by atoms with Crippen molar-refractivity contribution in [1.82, 2.24) is 40.2 Å². The number of nitrogens with zero attached hydrogens (tertiary/aromatic N) is 12. The first kappa shape index (κ1) is 29.5. The van der Waals surface area contributed by atoms with Crippen molar-refractivity contribution < 1.29 is 8.83 Å². The Morgan fingerprint density at radius 1 is 0.500 bits per heavy atom. The second-order valence-electron chi connectivity index (χ2n) is 9.91. The van der Waals surface area contributed by atoms with Crippen LogP contribution in [0.1, 0.15) is 22.3 Å². The molecule has 0 aliphatic carbocycles. The molecule has 48 heavy (non-hydrogen) atoms. The number of aliphatic imine (C=N–C) groups is 2. The average molecular weight is 633 g/mol. The molecule has 14 nitrogen and oxygen atoms in total. The number of rotatable bonds is 8. The van der Waals surface area contributed by atoms with Gasteiger partial charge in [-0.25, -0.2) is 20.0 Å². The lowest BCUT2D eigenvalue weighted by Gasteiger charge is -1.97. The Kier molecular flexibility index (Phi) is 8.76. The van der Waals surface area contributed by atoms with E-state index >= 15 is 0 Å². The Labute approximate surface area is 272 Å². The van der Waals surface area contributed by atoms with E-state index in [1.54, 1.807) is 37.3 Å². The summed E-state index contributed by atoms with van der Waals surface area (Å²) in [5, 5.41) is 25.1. The van der Waals surface area contributed by atoms with Crippen molar-refractivity contribution in [3.63, 3.8) is 0 Å². The van der Waals surface area contributed by atoms with Crippen LogP contribution in [0.2, 0.25) is 0 Å². The lowest BCUT2D eigenvalue weighted by molar-refractivity contribution is 0.570. The van der Waals surface area contributed by atoms with E-state index in [-0.39, 0.29) is 0 Å². The molecule has 0 N–H and O–H groups in total. The minimum absolute atomic E-state index is 0.323. The molecule has 8 rings (SSSR count). The zero-order valence-electron chi connectivity index (χ0n) is 25.0. The maximum Gasteiger partial charge on any atom is 0.321 e. The highest BCUT2D eigenvalue weighted by molar-refractivity contribution is 5.88. The number of benzene rings is 4. The van der Waals surface area contributed by atoms with Gasteiger partial charge >= 0.3 is 12.0 Å². The molecule has 4 heterocycles. The molecule has 8 aromatic rings. The Balaban J connectivity index is 0.000000161. The molecule has 0 bridgehead atoms. The molecule has 0 amide bonds. The van der Waals surface area contributed by atoms with Crippen molar-refractivity contribution in [1.29, 1.82) is 0 Å². The number of aromatic nitrogens is 8. The summed E-state index contributed by atoms with van der Waals surface area (Å²) in [6, 6.07) is 31.6. The molecule has 0 saturated heterocycles. The van der Waals surface area contributed by atoms with Crippen molar-refractivity contribution >= 4 is 59.0 Å². The summed E-state index contributed by atoms with van der Waals surface area (Å²) in [4.78, 5) is 19.1. The molecule has 4 aromatic heterocycles. The van der Waals surface area contributed by atoms with Crippen LogP contribution in [-0.4, -0.2) is 65.0 Å². The van der Waals surface area contributed by atoms with Gasteiger partial charge in [0, 0.05) is 12.4 Å². The van der Waals surface area contributed by atoms with E-state index in [0.29, 0.717) is 12.0 Å². The maximum atomic E-state index is 5.03. The van der Waals surface area contributed by atoms with Gasteiger partial charge in [0.15, 0.2) is 0 Å². The van der Waals surface area contributed by atoms with Crippen LogP contribution in [0.15, 0.2) is 151 Å². The van der Waals surface area contributed by atoms with Gasteiger partial charge in [0.2, 0.25) is 0 Å². The van der Waals surface area contributed by atoms with Crippen molar-refractivity contribution in [3.8, 4) is 0 Å². The van der Waals surface area contributed by atoms with Crippen LogP contribution < -0.4 is 0 Å². The zero-order valence-corrected chi connectivity index (χ0v) is 25.0. The lowest BCUT2D eigenvalue weighted by atomic mass is 10.1. The molecular formula is C34H24N12O2. The fourth-order valence-corrected chi connectivity index (χ4v) is 4.38. The predicted molar refractivity (Wildman–Crippen MR) is 181 cm³/mol. The molecule has 0 spiro atoms. The zero-order chi connectivity index (χ0) is 32.4. The standard InChI is InChI=1S/C20H14N8.C14H10N4O2/c1-3-10-19-17(8-1)23-25-27(19)21-13-15-6-5-7-16(12-15)14-22-28-20-11-4-2-9-18(20)24-26-28;1-2-11(9-17-13-15-4-6-19-13)8-12(3-1)10-18-14-16-5-7-20-14/h1-14H;1-10H/b21-13+,22-14+;. The van der Waals surface area contributed by atoms with Crippen LogP contribution in [0.25, 0.3) is 22.1 Å². The highest BCUT2D eigenvalue weighted by atomic mass is 16.4. The highest BCUT2D eigenvalue weighted by Crippen LogP contribution is 2.12. The summed E-state index contributed by atoms with van der Waals surface area (Å²) in [5.41, 5.74) is 7.00. The topological polar surface area (TPSA) is 163 Å². The first-order chi connectivity index (χ1) is 23.8. The van der Waals surface area contributed by atoms with Crippen LogP contribution in [0, 0.1) is 0 Å². The average Bonchev–Trinajstić information content (AvgIpc) is 3.97. The third-order valence-electron chi connectivity index (χ3n) is 6.61. The third kappa shape index (κ3) is 7.35. The Morgan fingerprint density at radius 3 is 1.38 bits per heavy atom. The minimum atomic E-state index is 0.323. The molecule has 0 fully saturated rings. The SMILES string of the molecule is C(=N\n1nnc2ccccc21)/c1cccc(/C=N/n2nnc3ccccc32)c1.C(=Nc1ncco1)c1cccc(C=Nc2ncco2)c1.